The molecule has 3 rings (SSSR count). The number of ether oxygens (including phenoxy) is 1. The molecule has 2 atom stereocenters. The van der Waals surface area contributed by atoms with Gasteiger partial charge in [-0.1, -0.05) is 41.9 Å². The molecule has 1 N–H and O–H groups in total. The molecule has 0 aromatic heterocycles. The van der Waals surface area contributed by atoms with Crippen LogP contribution < -0.4 is 4.74 Å². The highest BCUT2D eigenvalue weighted by Crippen LogP contribution is 2.39. The van der Waals surface area contributed by atoms with Gasteiger partial charge < -0.3 is 9.84 Å². The molecule has 0 saturated heterocycles. The average molecular weight is 293 g/mol. The molecule has 0 amide bonds. The van der Waals surface area contributed by atoms with Crippen LogP contribution in [-0.2, 0) is 0 Å². The first kappa shape index (κ1) is 12.9. The fourth-order valence-corrected chi connectivity index (χ4v) is 3.38. The van der Waals surface area contributed by atoms with E-state index in [0.29, 0.717) is 16.3 Å². The second-order valence-corrected chi connectivity index (χ2v) is 5.85. The van der Waals surface area contributed by atoms with Crippen LogP contribution in [-0.4, -0.2) is 17.0 Å². The highest BCUT2D eigenvalue weighted by atomic mass is 35.5. The van der Waals surface area contributed by atoms with Gasteiger partial charge in [0.1, 0.15) is 18.0 Å². The Hall–Kier alpha value is -1.16. The van der Waals surface area contributed by atoms with Crippen molar-refractivity contribution in [3.05, 3.63) is 59.1 Å². The Morgan fingerprint density at radius 2 is 1.89 bits per heavy atom. The van der Waals surface area contributed by atoms with Crippen LogP contribution >= 0.6 is 23.4 Å². The third kappa shape index (κ3) is 2.59. The molecule has 0 saturated carbocycles. The number of benzene rings is 2. The van der Waals surface area contributed by atoms with Crippen LogP contribution in [0.4, 0.5) is 0 Å². The molecule has 1 aliphatic rings. The van der Waals surface area contributed by atoms with E-state index in [1.165, 1.54) is 0 Å². The zero-order valence-electron chi connectivity index (χ0n) is 10.1. The van der Waals surface area contributed by atoms with Crippen LogP contribution in [0.3, 0.4) is 0 Å². The summed E-state index contributed by atoms with van der Waals surface area (Å²) < 4.78 is 5.87. The first-order valence-electron chi connectivity index (χ1n) is 6.06. The van der Waals surface area contributed by atoms with Gasteiger partial charge in [0.15, 0.2) is 0 Å². The summed E-state index contributed by atoms with van der Waals surface area (Å²) in [6, 6.07) is 15.2. The molecule has 0 spiro atoms. The van der Waals surface area contributed by atoms with Gasteiger partial charge in [-0.25, -0.2) is 0 Å². The van der Waals surface area contributed by atoms with Crippen LogP contribution in [0.1, 0.15) is 11.7 Å². The molecule has 1 aliphatic heterocycles. The highest BCUT2D eigenvalue weighted by Gasteiger charge is 2.28. The predicted octanol–water partition coefficient (Wildman–Crippen LogP) is 3.93. The molecule has 19 heavy (non-hydrogen) atoms. The zero-order chi connectivity index (χ0) is 13.2. The van der Waals surface area contributed by atoms with Gasteiger partial charge in [-0.3, -0.25) is 0 Å². The Balaban J connectivity index is 1.83. The van der Waals surface area contributed by atoms with Crippen LogP contribution in [0.5, 0.6) is 5.75 Å². The van der Waals surface area contributed by atoms with E-state index < -0.39 is 6.10 Å². The lowest BCUT2D eigenvalue weighted by atomic mass is 10.1. The number of halogens is 1. The monoisotopic (exact) mass is 292 g/mol. The Kier molecular flexibility index (Phi) is 3.69. The van der Waals surface area contributed by atoms with Crippen molar-refractivity contribution in [3.63, 3.8) is 0 Å². The molecule has 0 fully saturated rings. The van der Waals surface area contributed by atoms with Gasteiger partial charge in [-0.2, -0.15) is 0 Å². The highest BCUT2D eigenvalue weighted by molar-refractivity contribution is 7.99. The van der Waals surface area contributed by atoms with Crippen molar-refractivity contribution < 1.29 is 9.84 Å². The molecule has 2 aromatic rings. The predicted molar refractivity (Wildman–Crippen MR) is 78.0 cm³/mol. The summed E-state index contributed by atoms with van der Waals surface area (Å²) in [4.78, 5) is 1.12. The van der Waals surface area contributed by atoms with Crippen LogP contribution in [0.25, 0.3) is 0 Å². The number of fused-ring (bicyclic) bond motifs is 1. The maximum atomic E-state index is 10.4. The lowest BCUT2D eigenvalue weighted by Gasteiger charge is -2.29. The summed E-state index contributed by atoms with van der Waals surface area (Å²) in [7, 11) is 0. The number of hydrogen-bond donors (Lipinski definition) is 1. The van der Waals surface area contributed by atoms with E-state index in [1.807, 2.05) is 42.5 Å². The molecule has 1 heterocycles. The van der Waals surface area contributed by atoms with Gasteiger partial charge in [0.25, 0.3) is 0 Å². The SMILES string of the molecule is OC(c1ccccc1Cl)C1CSc2ccccc2O1. The minimum Gasteiger partial charge on any atom is -0.485 e. The smallest absolute Gasteiger partial charge is 0.138 e. The standard InChI is InChI=1S/C15H13ClO2S/c16-11-6-2-1-5-10(11)15(17)13-9-19-14-8-4-3-7-12(14)18-13/h1-8,13,15,17H,9H2. The minimum atomic E-state index is -0.713. The fourth-order valence-electron chi connectivity index (χ4n) is 2.11. The van der Waals surface area contributed by atoms with E-state index in [4.69, 9.17) is 16.3 Å². The first-order valence-corrected chi connectivity index (χ1v) is 7.43. The fraction of sp³-hybridized carbons (Fsp3) is 0.200. The van der Waals surface area contributed by atoms with Gasteiger partial charge in [-0.05, 0) is 18.2 Å². The molecular weight excluding hydrogens is 280 g/mol. The van der Waals surface area contributed by atoms with Crippen LogP contribution in [0.15, 0.2) is 53.4 Å². The van der Waals surface area contributed by atoms with E-state index in [2.05, 4.69) is 0 Å². The lowest BCUT2D eigenvalue weighted by Crippen LogP contribution is -2.30. The molecule has 2 nitrogen and oxygen atoms in total. The number of aliphatic hydroxyl groups excluding tert-OH is 1. The third-order valence-corrected chi connectivity index (χ3v) is 4.59. The van der Waals surface area contributed by atoms with Crippen molar-refractivity contribution in [2.75, 3.05) is 5.75 Å². The molecule has 98 valence electrons. The van der Waals surface area contributed by atoms with Crippen molar-refractivity contribution >= 4 is 23.4 Å². The topological polar surface area (TPSA) is 29.5 Å². The summed E-state index contributed by atoms with van der Waals surface area (Å²) in [5.74, 6) is 1.54. The second-order valence-electron chi connectivity index (χ2n) is 4.38. The zero-order valence-corrected chi connectivity index (χ0v) is 11.7. The van der Waals surface area contributed by atoms with Gasteiger partial charge >= 0.3 is 0 Å². The molecule has 2 aromatic carbocycles. The quantitative estimate of drug-likeness (QED) is 0.909. The van der Waals surface area contributed by atoms with E-state index in [1.54, 1.807) is 17.8 Å². The molecule has 4 heteroatoms. The Morgan fingerprint density at radius 1 is 1.16 bits per heavy atom. The van der Waals surface area contributed by atoms with Crippen molar-refractivity contribution in [3.8, 4) is 5.75 Å². The van der Waals surface area contributed by atoms with E-state index in [-0.39, 0.29) is 6.10 Å². The summed E-state index contributed by atoms with van der Waals surface area (Å²) in [5.41, 5.74) is 0.717. The molecular formula is C15H13ClO2S. The van der Waals surface area contributed by atoms with Crippen molar-refractivity contribution in [2.45, 2.75) is 17.1 Å². The Morgan fingerprint density at radius 3 is 2.74 bits per heavy atom. The molecule has 0 radical (unpaired) electrons. The van der Waals surface area contributed by atoms with Gasteiger partial charge in [0.05, 0.1) is 0 Å². The summed E-state index contributed by atoms with van der Waals surface area (Å²) >= 11 is 7.81. The third-order valence-electron chi connectivity index (χ3n) is 3.11. The van der Waals surface area contributed by atoms with Crippen molar-refractivity contribution in [2.24, 2.45) is 0 Å². The average Bonchev–Trinajstić information content (AvgIpc) is 2.46. The first-order chi connectivity index (χ1) is 9.25. The second kappa shape index (κ2) is 5.45. The Bertz CT molecular complexity index is 588. The van der Waals surface area contributed by atoms with Crippen LogP contribution in [0, 0.1) is 0 Å². The summed E-state index contributed by atoms with van der Waals surface area (Å²) in [6.45, 7) is 0. The van der Waals surface area contributed by atoms with E-state index >= 15 is 0 Å². The minimum absolute atomic E-state index is 0.278. The number of para-hydroxylation sites is 1. The lowest BCUT2D eigenvalue weighted by molar-refractivity contribution is 0.0458. The maximum absolute atomic E-state index is 10.4. The van der Waals surface area contributed by atoms with Crippen LogP contribution in [0.2, 0.25) is 5.02 Å². The number of aliphatic hydroxyl groups is 1. The van der Waals surface area contributed by atoms with Gasteiger partial charge in [0, 0.05) is 21.2 Å². The number of hydrogen-bond acceptors (Lipinski definition) is 3. The maximum Gasteiger partial charge on any atom is 0.138 e. The van der Waals surface area contributed by atoms with Gasteiger partial charge in [0.2, 0.25) is 0 Å². The normalized spacial score (nSPS) is 19.4. The molecule has 2 unspecified atom stereocenters. The molecule has 0 aliphatic carbocycles. The largest absolute Gasteiger partial charge is 0.485 e. The van der Waals surface area contributed by atoms with E-state index in [0.717, 1.165) is 10.6 Å². The molecule has 0 bridgehead atoms. The number of thioether (sulfide) groups is 1. The van der Waals surface area contributed by atoms with Crippen molar-refractivity contribution in [1.29, 1.82) is 0 Å². The van der Waals surface area contributed by atoms with Gasteiger partial charge in [-0.15, -0.1) is 11.8 Å². The number of rotatable bonds is 2. The van der Waals surface area contributed by atoms with Crippen molar-refractivity contribution in [1.82, 2.24) is 0 Å². The Labute approximate surface area is 121 Å². The summed E-state index contributed by atoms with van der Waals surface area (Å²) in [5, 5.41) is 11.0. The van der Waals surface area contributed by atoms with E-state index in [9.17, 15) is 5.11 Å². The summed E-state index contributed by atoms with van der Waals surface area (Å²) in [6.07, 6.45) is -0.991.